The molecule has 0 amide bonds. The average Bonchev–Trinajstić information content (AvgIpc) is 2.94. The van der Waals surface area contributed by atoms with Gasteiger partial charge in [0.05, 0.1) is 5.02 Å². The number of halogens is 1. The first-order valence-corrected chi connectivity index (χ1v) is 7.15. The standard InChI is InChI=1S/C16H16ClNO3/c17-13-3-1-2-10(16(13)21)12-8-18-7-11(12)9-4-5-14(19)15(20)6-9/h1-6,11-12,18-21H,7-8H2/t11-,12-/m0/s1. The molecule has 1 aliphatic rings. The Hall–Kier alpha value is -1.91. The summed E-state index contributed by atoms with van der Waals surface area (Å²) in [5, 5.41) is 32.9. The van der Waals surface area contributed by atoms with Crippen molar-refractivity contribution in [3.05, 3.63) is 52.5 Å². The molecular formula is C16H16ClNO3. The molecule has 0 saturated carbocycles. The van der Waals surface area contributed by atoms with Crippen LogP contribution in [0.3, 0.4) is 0 Å². The lowest BCUT2D eigenvalue weighted by atomic mass is 9.83. The molecule has 0 unspecified atom stereocenters. The Morgan fingerprint density at radius 1 is 0.952 bits per heavy atom. The second-order valence-corrected chi connectivity index (χ2v) is 5.70. The summed E-state index contributed by atoms with van der Waals surface area (Å²) in [7, 11) is 0. The first-order valence-electron chi connectivity index (χ1n) is 6.78. The Balaban J connectivity index is 1.99. The maximum absolute atomic E-state index is 10.2. The summed E-state index contributed by atoms with van der Waals surface area (Å²) in [4.78, 5) is 0. The van der Waals surface area contributed by atoms with Gasteiger partial charge in [-0.15, -0.1) is 0 Å². The Bertz CT molecular complexity index is 675. The number of aromatic hydroxyl groups is 3. The Morgan fingerprint density at radius 2 is 1.71 bits per heavy atom. The normalized spacial score (nSPS) is 21.6. The van der Waals surface area contributed by atoms with Gasteiger partial charge < -0.3 is 20.6 Å². The molecule has 0 aromatic heterocycles. The molecule has 21 heavy (non-hydrogen) atoms. The minimum Gasteiger partial charge on any atom is -0.506 e. The van der Waals surface area contributed by atoms with Crippen molar-refractivity contribution in [3.63, 3.8) is 0 Å². The second-order valence-electron chi connectivity index (χ2n) is 5.30. The van der Waals surface area contributed by atoms with Crippen molar-refractivity contribution >= 4 is 11.6 Å². The van der Waals surface area contributed by atoms with Crippen molar-refractivity contribution in [3.8, 4) is 17.2 Å². The summed E-state index contributed by atoms with van der Waals surface area (Å²) in [6.45, 7) is 1.46. The molecule has 2 aromatic rings. The highest BCUT2D eigenvalue weighted by Gasteiger charge is 2.32. The van der Waals surface area contributed by atoms with Crippen LogP contribution >= 0.6 is 11.6 Å². The molecule has 5 heteroatoms. The molecule has 2 aromatic carbocycles. The number of para-hydroxylation sites is 1. The van der Waals surface area contributed by atoms with Crippen LogP contribution in [0.15, 0.2) is 36.4 Å². The van der Waals surface area contributed by atoms with Gasteiger partial charge in [-0.05, 0) is 23.8 Å². The predicted octanol–water partition coefficient (Wildman–Crippen LogP) is 2.93. The summed E-state index contributed by atoms with van der Waals surface area (Å²) in [5.41, 5.74) is 1.71. The maximum Gasteiger partial charge on any atom is 0.157 e. The Kier molecular flexibility index (Phi) is 3.66. The average molecular weight is 306 g/mol. The fourth-order valence-corrected chi connectivity index (χ4v) is 3.14. The number of nitrogens with one attached hydrogen (secondary N) is 1. The van der Waals surface area contributed by atoms with Crippen molar-refractivity contribution < 1.29 is 15.3 Å². The molecule has 0 spiro atoms. The van der Waals surface area contributed by atoms with Crippen LogP contribution in [0.5, 0.6) is 17.2 Å². The molecule has 4 N–H and O–H groups in total. The third-order valence-electron chi connectivity index (χ3n) is 4.06. The van der Waals surface area contributed by atoms with Crippen LogP contribution in [0.2, 0.25) is 5.02 Å². The highest BCUT2D eigenvalue weighted by atomic mass is 35.5. The Labute approximate surface area is 127 Å². The molecule has 4 nitrogen and oxygen atoms in total. The van der Waals surface area contributed by atoms with E-state index in [1.807, 2.05) is 12.1 Å². The van der Waals surface area contributed by atoms with E-state index in [4.69, 9.17) is 11.6 Å². The van der Waals surface area contributed by atoms with E-state index in [0.29, 0.717) is 5.02 Å². The number of phenolic OH excluding ortho intramolecular Hbond substituents is 3. The SMILES string of the molecule is Oc1ccc([C@@H]2CNC[C@H]2c2cccc(Cl)c2O)cc1O. The van der Waals surface area contributed by atoms with Crippen molar-refractivity contribution in [1.29, 1.82) is 0 Å². The number of hydrogen-bond acceptors (Lipinski definition) is 4. The zero-order valence-electron chi connectivity index (χ0n) is 11.3. The van der Waals surface area contributed by atoms with Crippen LogP contribution in [0.1, 0.15) is 23.0 Å². The van der Waals surface area contributed by atoms with E-state index in [-0.39, 0.29) is 29.1 Å². The molecule has 0 bridgehead atoms. The van der Waals surface area contributed by atoms with Crippen molar-refractivity contribution in [1.82, 2.24) is 5.32 Å². The minimum absolute atomic E-state index is 0.0626. The number of hydrogen-bond donors (Lipinski definition) is 4. The summed E-state index contributed by atoms with van der Waals surface area (Å²) < 4.78 is 0. The molecule has 1 aliphatic heterocycles. The summed E-state index contributed by atoms with van der Waals surface area (Å²) in [6.07, 6.45) is 0. The smallest absolute Gasteiger partial charge is 0.157 e. The lowest BCUT2D eigenvalue weighted by molar-refractivity contribution is 0.402. The highest BCUT2D eigenvalue weighted by Crippen LogP contribution is 2.43. The lowest BCUT2D eigenvalue weighted by Gasteiger charge is -2.21. The van der Waals surface area contributed by atoms with Crippen LogP contribution in [0, 0.1) is 0 Å². The van der Waals surface area contributed by atoms with Crippen LogP contribution in [0.25, 0.3) is 0 Å². The minimum atomic E-state index is -0.133. The van der Waals surface area contributed by atoms with Crippen LogP contribution in [-0.4, -0.2) is 28.4 Å². The van der Waals surface area contributed by atoms with Gasteiger partial charge in [-0.3, -0.25) is 0 Å². The number of phenols is 3. The van der Waals surface area contributed by atoms with E-state index in [2.05, 4.69) is 5.32 Å². The van der Waals surface area contributed by atoms with Gasteiger partial charge >= 0.3 is 0 Å². The molecule has 3 rings (SSSR count). The van der Waals surface area contributed by atoms with E-state index < -0.39 is 0 Å². The van der Waals surface area contributed by atoms with E-state index in [1.165, 1.54) is 6.07 Å². The number of benzene rings is 2. The summed E-state index contributed by atoms with van der Waals surface area (Å²) in [5.74, 6) is 0.00898. The topological polar surface area (TPSA) is 72.7 Å². The molecule has 0 aliphatic carbocycles. The molecular weight excluding hydrogens is 290 g/mol. The third kappa shape index (κ3) is 2.52. The zero-order valence-corrected chi connectivity index (χ0v) is 12.0. The zero-order chi connectivity index (χ0) is 15.0. The summed E-state index contributed by atoms with van der Waals surface area (Å²) >= 11 is 5.99. The van der Waals surface area contributed by atoms with Crippen LogP contribution in [-0.2, 0) is 0 Å². The first-order chi connectivity index (χ1) is 10.1. The monoisotopic (exact) mass is 305 g/mol. The van der Waals surface area contributed by atoms with Gasteiger partial charge in [0.25, 0.3) is 0 Å². The van der Waals surface area contributed by atoms with Crippen LogP contribution < -0.4 is 5.32 Å². The molecule has 2 atom stereocenters. The largest absolute Gasteiger partial charge is 0.506 e. The molecule has 1 saturated heterocycles. The van der Waals surface area contributed by atoms with Gasteiger partial charge in [-0.2, -0.15) is 0 Å². The third-order valence-corrected chi connectivity index (χ3v) is 4.36. The molecule has 110 valence electrons. The van der Waals surface area contributed by atoms with Crippen molar-refractivity contribution in [2.75, 3.05) is 13.1 Å². The van der Waals surface area contributed by atoms with Gasteiger partial charge in [0.15, 0.2) is 11.5 Å². The van der Waals surface area contributed by atoms with Gasteiger partial charge in [-0.1, -0.05) is 29.8 Å². The molecule has 1 heterocycles. The van der Waals surface area contributed by atoms with E-state index in [1.54, 1.807) is 18.2 Å². The quantitative estimate of drug-likeness (QED) is 0.644. The molecule has 1 fully saturated rings. The second kappa shape index (κ2) is 5.47. The highest BCUT2D eigenvalue weighted by molar-refractivity contribution is 6.32. The molecule has 0 radical (unpaired) electrons. The van der Waals surface area contributed by atoms with Crippen molar-refractivity contribution in [2.24, 2.45) is 0 Å². The van der Waals surface area contributed by atoms with Gasteiger partial charge in [0.2, 0.25) is 0 Å². The summed E-state index contributed by atoms with van der Waals surface area (Å²) in [6, 6.07) is 10.2. The van der Waals surface area contributed by atoms with Gasteiger partial charge in [0, 0.05) is 30.5 Å². The fourth-order valence-electron chi connectivity index (χ4n) is 2.96. The van der Waals surface area contributed by atoms with E-state index in [0.717, 1.165) is 24.2 Å². The van der Waals surface area contributed by atoms with Crippen molar-refractivity contribution in [2.45, 2.75) is 11.8 Å². The van der Waals surface area contributed by atoms with Gasteiger partial charge in [0.1, 0.15) is 5.75 Å². The lowest BCUT2D eigenvalue weighted by Crippen LogP contribution is -2.09. The van der Waals surface area contributed by atoms with E-state index in [9.17, 15) is 15.3 Å². The first kappa shape index (κ1) is 14.0. The number of rotatable bonds is 2. The Morgan fingerprint density at radius 3 is 2.48 bits per heavy atom. The fraction of sp³-hybridized carbons (Fsp3) is 0.250. The van der Waals surface area contributed by atoms with Gasteiger partial charge in [-0.25, -0.2) is 0 Å². The predicted molar refractivity (Wildman–Crippen MR) is 81.2 cm³/mol. The maximum atomic E-state index is 10.2. The van der Waals surface area contributed by atoms with Crippen LogP contribution in [0.4, 0.5) is 0 Å². The van der Waals surface area contributed by atoms with E-state index >= 15 is 0 Å².